The highest BCUT2D eigenvalue weighted by Crippen LogP contribution is 2.02. The molecule has 2 amide bonds. The molecule has 6 heteroatoms. The Hall–Kier alpha value is -2.11. The van der Waals surface area contributed by atoms with Crippen molar-refractivity contribution in [2.75, 3.05) is 19.7 Å². The van der Waals surface area contributed by atoms with Gasteiger partial charge in [0.05, 0.1) is 13.0 Å². The zero-order valence-electron chi connectivity index (χ0n) is 11.4. The van der Waals surface area contributed by atoms with Gasteiger partial charge in [0.15, 0.2) is 0 Å². The first-order valence-corrected chi connectivity index (χ1v) is 6.53. The molecule has 110 valence electrons. The van der Waals surface area contributed by atoms with Gasteiger partial charge in [-0.15, -0.1) is 0 Å². The van der Waals surface area contributed by atoms with Crippen LogP contribution in [-0.2, 0) is 16.0 Å². The molecule has 0 saturated heterocycles. The second kappa shape index (κ2) is 8.90. The Morgan fingerprint density at radius 2 is 1.80 bits per heavy atom. The summed E-state index contributed by atoms with van der Waals surface area (Å²) in [6.07, 6.45) is 0.769. The smallest absolute Gasteiger partial charge is 0.314 e. The van der Waals surface area contributed by atoms with Gasteiger partial charge in [-0.3, -0.25) is 4.79 Å². The molecule has 0 fully saturated rings. The fourth-order valence-corrected chi connectivity index (χ4v) is 1.55. The fourth-order valence-electron chi connectivity index (χ4n) is 1.55. The summed E-state index contributed by atoms with van der Waals surface area (Å²) in [5.41, 5.74) is 0.943. The van der Waals surface area contributed by atoms with Crippen LogP contribution in [0, 0.1) is 5.82 Å². The van der Waals surface area contributed by atoms with Crippen LogP contribution < -0.4 is 10.6 Å². The molecule has 0 heterocycles. The molecule has 5 nitrogen and oxygen atoms in total. The van der Waals surface area contributed by atoms with E-state index in [0.29, 0.717) is 19.6 Å². The van der Waals surface area contributed by atoms with Crippen LogP contribution in [-0.4, -0.2) is 31.7 Å². The second-order valence-electron chi connectivity index (χ2n) is 4.11. The van der Waals surface area contributed by atoms with Crippen molar-refractivity contribution in [3.8, 4) is 0 Å². The van der Waals surface area contributed by atoms with Crippen molar-refractivity contribution in [3.63, 3.8) is 0 Å². The highest BCUT2D eigenvalue weighted by Gasteiger charge is 2.03. The minimum Gasteiger partial charge on any atom is -0.466 e. The summed E-state index contributed by atoms with van der Waals surface area (Å²) in [5.74, 6) is -0.613. The lowest BCUT2D eigenvalue weighted by atomic mass is 10.1. The number of rotatable bonds is 7. The highest BCUT2D eigenvalue weighted by molar-refractivity contribution is 5.75. The fraction of sp³-hybridized carbons (Fsp3) is 0.429. The van der Waals surface area contributed by atoms with Gasteiger partial charge in [-0.2, -0.15) is 0 Å². The minimum absolute atomic E-state index is 0.152. The van der Waals surface area contributed by atoms with Crippen LogP contribution in [0.3, 0.4) is 0 Å². The number of halogens is 1. The van der Waals surface area contributed by atoms with Gasteiger partial charge in [0, 0.05) is 13.1 Å². The molecular formula is C14H19FN2O3. The second-order valence-corrected chi connectivity index (χ2v) is 4.11. The van der Waals surface area contributed by atoms with Crippen LogP contribution in [0.25, 0.3) is 0 Å². The van der Waals surface area contributed by atoms with Crippen molar-refractivity contribution < 1.29 is 18.7 Å². The zero-order chi connectivity index (χ0) is 14.8. The maximum absolute atomic E-state index is 12.7. The third kappa shape index (κ3) is 6.72. The van der Waals surface area contributed by atoms with Crippen molar-refractivity contribution in [1.29, 1.82) is 0 Å². The number of nitrogens with one attached hydrogen (secondary N) is 2. The predicted molar refractivity (Wildman–Crippen MR) is 72.8 cm³/mol. The normalized spacial score (nSPS) is 9.90. The van der Waals surface area contributed by atoms with Crippen molar-refractivity contribution in [2.24, 2.45) is 0 Å². The quantitative estimate of drug-likeness (QED) is 0.747. The van der Waals surface area contributed by atoms with Crippen molar-refractivity contribution in [1.82, 2.24) is 10.6 Å². The molecule has 0 atom stereocenters. The molecule has 0 aliphatic rings. The zero-order valence-corrected chi connectivity index (χ0v) is 11.4. The highest BCUT2D eigenvalue weighted by atomic mass is 19.1. The number of urea groups is 1. The minimum atomic E-state index is -0.337. The molecule has 1 aromatic rings. The molecule has 0 aliphatic carbocycles. The summed E-state index contributed by atoms with van der Waals surface area (Å²) in [7, 11) is 0. The Morgan fingerprint density at radius 3 is 2.45 bits per heavy atom. The first kappa shape index (κ1) is 15.9. The van der Waals surface area contributed by atoms with E-state index < -0.39 is 0 Å². The maximum atomic E-state index is 12.7. The standard InChI is InChI=1S/C14H19FN2O3/c1-2-20-13(18)8-10-17-14(19)16-9-7-11-3-5-12(15)6-4-11/h3-6H,2,7-10H2,1H3,(H2,16,17,19). The van der Waals surface area contributed by atoms with Crippen LogP contribution in [0.1, 0.15) is 18.9 Å². The number of hydrogen-bond donors (Lipinski definition) is 2. The van der Waals surface area contributed by atoms with E-state index in [-0.39, 0.29) is 30.8 Å². The predicted octanol–water partition coefficient (Wildman–Crippen LogP) is 1.62. The molecule has 0 aromatic heterocycles. The van der Waals surface area contributed by atoms with Gasteiger partial charge in [0.25, 0.3) is 0 Å². The van der Waals surface area contributed by atoms with E-state index in [1.165, 1.54) is 12.1 Å². The molecule has 0 radical (unpaired) electrons. The summed E-state index contributed by atoms with van der Waals surface area (Å²) in [5, 5.41) is 5.21. The average molecular weight is 282 g/mol. The third-order valence-corrected chi connectivity index (χ3v) is 2.53. The lowest BCUT2D eigenvalue weighted by molar-refractivity contribution is -0.142. The summed E-state index contributed by atoms with van der Waals surface area (Å²) in [6, 6.07) is 5.78. The number of carbonyl (C=O) groups is 2. The number of esters is 1. The molecule has 2 N–H and O–H groups in total. The molecule has 0 saturated carbocycles. The number of benzene rings is 1. The monoisotopic (exact) mass is 282 g/mol. The van der Waals surface area contributed by atoms with Gasteiger partial charge in [0.1, 0.15) is 5.82 Å². The van der Waals surface area contributed by atoms with E-state index in [9.17, 15) is 14.0 Å². The first-order valence-electron chi connectivity index (χ1n) is 6.53. The molecular weight excluding hydrogens is 263 g/mol. The molecule has 20 heavy (non-hydrogen) atoms. The topological polar surface area (TPSA) is 67.4 Å². The van der Waals surface area contributed by atoms with E-state index in [1.54, 1.807) is 19.1 Å². The summed E-state index contributed by atoms with van der Waals surface area (Å²) in [4.78, 5) is 22.4. The van der Waals surface area contributed by atoms with Crippen LogP contribution in [0.5, 0.6) is 0 Å². The summed E-state index contributed by atoms with van der Waals surface area (Å²) >= 11 is 0. The Morgan fingerprint density at radius 1 is 1.15 bits per heavy atom. The Labute approximate surface area is 117 Å². The average Bonchev–Trinajstić information content (AvgIpc) is 2.41. The van der Waals surface area contributed by atoms with Crippen molar-refractivity contribution in [3.05, 3.63) is 35.6 Å². The van der Waals surface area contributed by atoms with E-state index in [2.05, 4.69) is 10.6 Å². The maximum Gasteiger partial charge on any atom is 0.314 e. The van der Waals surface area contributed by atoms with Crippen LogP contribution in [0.15, 0.2) is 24.3 Å². The van der Waals surface area contributed by atoms with E-state index >= 15 is 0 Å². The van der Waals surface area contributed by atoms with Crippen molar-refractivity contribution in [2.45, 2.75) is 19.8 Å². The molecule has 1 aromatic carbocycles. The van der Waals surface area contributed by atoms with Gasteiger partial charge < -0.3 is 15.4 Å². The SMILES string of the molecule is CCOC(=O)CCNC(=O)NCCc1ccc(F)cc1. The largest absolute Gasteiger partial charge is 0.466 e. The first-order chi connectivity index (χ1) is 9.61. The number of carbonyl (C=O) groups excluding carboxylic acids is 2. The van der Waals surface area contributed by atoms with Gasteiger partial charge in [-0.05, 0) is 31.0 Å². The Bertz CT molecular complexity index is 435. The molecule has 0 spiro atoms. The van der Waals surface area contributed by atoms with Crippen molar-refractivity contribution >= 4 is 12.0 Å². The number of ether oxygens (including phenoxy) is 1. The van der Waals surface area contributed by atoms with Crippen LogP contribution >= 0.6 is 0 Å². The third-order valence-electron chi connectivity index (χ3n) is 2.53. The Balaban J connectivity index is 2.11. The molecule has 0 unspecified atom stereocenters. The van der Waals surface area contributed by atoms with Gasteiger partial charge in [0.2, 0.25) is 0 Å². The van der Waals surface area contributed by atoms with Gasteiger partial charge in [-0.25, -0.2) is 9.18 Å². The van der Waals surface area contributed by atoms with E-state index in [1.807, 2.05) is 0 Å². The number of hydrogen-bond acceptors (Lipinski definition) is 3. The summed E-state index contributed by atoms with van der Waals surface area (Å²) in [6.45, 7) is 2.74. The van der Waals surface area contributed by atoms with Crippen LogP contribution in [0.4, 0.5) is 9.18 Å². The molecule has 1 rings (SSSR count). The lowest BCUT2D eigenvalue weighted by Crippen LogP contribution is -2.37. The number of amides is 2. The lowest BCUT2D eigenvalue weighted by Gasteiger charge is -2.07. The van der Waals surface area contributed by atoms with Gasteiger partial charge in [-0.1, -0.05) is 12.1 Å². The van der Waals surface area contributed by atoms with E-state index in [0.717, 1.165) is 5.56 Å². The molecule has 0 aliphatic heterocycles. The molecule has 0 bridgehead atoms. The summed E-state index contributed by atoms with van der Waals surface area (Å²) < 4.78 is 17.4. The van der Waals surface area contributed by atoms with Gasteiger partial charge >= 0.3 is 12.0 Å². The van der Waals surface area contributed by atoms with Crippen LogP contribution in [0.2, 0.25) is 0 Å². The Kier molecular flexibility index (Phi) is 7.10. The van der Waals surface area contributed by atoms with E-state index in [4.69, 9.17) is 4.74 Å².